The van der Waals surface area contributed by atoms with Crippen LogP contribution in [0.5, 0.6) is 0 Å². The van der Waals surface area contributed by atoms with Crippen LogP contribution in [0.1, 0.15) is 17.3 Å². The molecule has 0 saturated heterocycles. The highest BCUT2D eigenvalue weighted by molar-refractivity contribution is 6.44. The molecule has 0 spiro atoms. The van der Waals surface area contributed by atoms with E-state index in [4.69, 9.17) is 39.3 Å². The molecule has 0 fully saturated rings. The van der Waals surface area contributed by atoms with Crippen molar-refractivity contribution in [3.63, 3.8) is 0 Å². The van der Waals surface area contributed by atoms with Crippen molar-refractivity contribution in [1.29, 1.82) is 0 Å². The van der Waals surface area contributed by atoms with Crippen molar-refractivity contribution in [1.82, 2.24) is 15.5 Å². The van der Waals surface area contributed by atoms with Crippen molar-refractivity contribution in [3.05, 3.63) is 44.5 Å². The minimum Gasteiger partial charge on any atom is -0.340 e. The van der Waals surface area contributed by atoms with E-state index in [2.05, 4.69) is 15.5 Å². The average Bonchev–Trinajstić information content (AvgIpc) is 2.74. The number of halogens is 3. The number of aryl methyl sites for hydroxylation is 1. The summed E-state index contributed by atoms with van der Waals surface area (Å²) in [5.41, 5.74) is 0.756. The SMILES string of the molecule is Cc1nc(CNCc2c(Cl)ccc(Cl)c2Cl)no1. The van der Waals surface area contributed by atoms with Crippen LogP contribution >= 0.6 is 34.8 Å². The molecule has 0 atom stereocenters. The zero-order valence-corrected chi connectivity index (χ0v) is 11.8. The summed E-state index contributed by atoms with van der Waals surface area (Å²) >= 11 is 18.1. The Morgan fingerprint density at radius 3 is 2.56 bits per heavy atom. The third kappa shape index (κ3) is 3.14. The first kappa shape index (κ1) is 13.6. The van der Waals surface area contributed by atoms with Crippen LogP contribution in [0.3, 0.4) is 0 Å². The molecule has 0 aliphatic heterocycles. The first-order valence-electron chi connectivity index (χ1n) is 5.20. The zero-order chi connectivity index (χ0) is 13.1. The summed E-state index contributed by atoms with van der Waals surface area (Å²) in [5.74, 6) is 1.12. The second-order valence-corrected chi connectivity index (χ2v) is 4.85. The Balaban J connectivity index is 2.00. The van der Waals surface area contributed by atoms with E-state index in [1.54, 1.807) is 19.1 Å². The Morgan fingerprint density at radius 2 is 1.89 bits per heavy atom. The number of rotatable bonds is 4. The number of nitrogens with one attached hydrogen (secondary N) is 1. The van der Waals surface area contributed by atoms with Crippen LogP contribution in [0.25, 0.3) is 0 Å². The molecule has 0 saturated carbocycles. The Labute approximate surface area is 119 Å². The molecule has 0 aliphatic rings. The summed E-state index contributed by atoms with van der Waals surface area (Å²) in [6.07, 6.45) is 0. The second kappa shape index (κ2) is 5.89. The lowest BCUT2D eigenvalue weighted by Gasteiger charge is -2.08. The van der Waals surface area contributed by atoms with Crippen LogP contribution in [0.4, 0.5) is 0 Å². The number of hydrogen-bond acceptors (Lipinski definition) is 4. The van der Waals surface area contributed by atoms with Gasteiger partial charge in [-0.25, -0.2) is 0 Å². The summed E-state index contributed by atoms with van der Waals surface area (Å²) in [6.45, 7) is 2.68. The molecule has 0 unspecified atom stereocenters. The van der Waals surface area contributed by atoms with Crippen molar-refractivity contribution in [2.24, 2.45) is 0 Å². The fraction of sp³-hybridized carbons (Fsp3) is 0.273. The van der Waals surface area contributed by atoms with Crippen LogP contribution < -0.4 is 5.32 Å². The molecule has 0 bridgehead atoms. The molecule has 2 aromatic rings. The topological polar surface area (TPSA) is 51.0 Å². The third-order valence-electron chi connectivity index (χ3n) is 2.29. The van der Waals surface area contributed by atoms with Gasteiger partial charge in [-0.2, -0.15) is 4.98 Å². The predicted molar refractivity (Wildman–Crippen MR) is 71.1 cm³/mol. The molecule has 1 aromatic carbocycles. The molecule has 4 nitrogen and oxygen atoms in total. The smallest absolute Gasteiger partial charge is 0.223 e. The minimum absolute atomic E-state index is 0.459. The Kier molecular flexibility index (Phi) is 4.45. The number of benzene rings is 1. The molecule has 96 valence electrons. The second-order valence-electron chi connectivity index (χ2n) is 3.65. The monoisotopic (exact) mass is 305 g/mol. The van der Waals surface area contributed by atoms with Crippen molar-refractivity contribution >= 4 is 34.8 Å². The molecular weight excluding hydrogens is 296 g/mol. The van der Waals surface area contributed by atoms with Gasteiger partial charge >= 0.3 is 0 Å². The van der Waals surface area contributed by atoms with E-state index in [-0.39, 0.29) is 0 Å². The normalized spacial score (nSPS) is 10.9. The molecule has 0 aliphatic carbocycles. The van der Waals surface area contributed by atoms with Crippen molar-refractivity contribution in [3.8, 4) is 0 Å². The van der Waals surface area contributed by atoms with E-state index < -0.39 is 0 Å². The maximum absolute atomic E-state index is 6.08. The van der Waals surface area contributed by atoms with E-state index in [1.165, 1.54) is 0 Å². The van der Waals surface area contributed by atoms with Crippen LogP contribution in [-0.4, -0.2) is 10.1 Å². The molecule has 1 N–H and O–H groups in total. The molecule has 7 heteroatoms. The van der Waals surface area contributed by atoms with Gasteiger partial charge in [0.25, 0.3) is 0 Å². The highest BCUT2D eigenvalue weighted by Gasteiger charge is 2.09. The molecular formula is C11H10Cl3N3O. The molecule has 0 amide bonds. The largest absolute Gasteiger partial charge is 0.340 e. The van der Waals surface area contributed by atoms with Crippen molar-refractivity contribution < 1.29 is 4.52 Å². The summed E-state index contributed by atoms with van der Waals surface area (Å²) < 4.78 is 4.86. The van der Waals surface area contributed by atoms with Crippen LogP contribution in [0.2, 0.25) is 15.1 Å². The summed E-state index contributed by atoms with van der Waals surface area (Å²) in [7, 11) is 0. The Morgan fingerprint density at radius 1 is 1.17 bits per heavy atom. The number of nitrogens with zero attached hydrogens (tertiary/aromatic N) is 2. The summed E-state index contributed by atoms with van der Waals surface area (Å²) in [5, 5.41) is 8.41. The van der Waals surface area contributed by atoms with Crippen LogP contribution in [-0.2, 0) is 13.1 Å². The van der Waals surface area contributed by atoms with Gasteiger partial charge in [0, 0.05) is 24.1 Å². The van der Waals surface area contributed by atoms with Gasteiger partial charge in [-0.1, -0.05) is 40.0 Å². The Hall–Kier alpha value is -0.810. The summed E-state index contributed by atoms with van der Waals surface area (Å²) in [6, 6.07) is 3.38. The first-order chi connectivity index (χ1) is 8.58. The van der Waals surface area contributed by atoms with Gasteiger partial charge in [-0.05, 0) is 12.1 Å². The molecule has 1 heterocycles. The van der Waals surface area contributed by atoms with E-state index in [0.717, 1.165) is 5.56 Å². The van der Waals surface area contributed by atoms with E-state index in [0.29, 0.717) is 39.9 Å². The molecule has 0 radical (unpaired) electrons. The van der Waals surface area contributed by atoms with Gasteiger partial charge < -0.3 is 9.84 Å². The highest BCUT2D eigenvalue weighted by atomic mass is 35.5. The van der Waals surface area contributed by atoms with Gasteiger partial charge in [-0.3, -0.25) is 0 Å². The molecule has 2 rings (SSSR count). The van der Waals surface area contributed by atoms with Crippen molar-refractivity contribution in [2.75, 3.05) is 0 Å². The number of hydrogen-bond donors (Lipinski definition) is 1. The zero-order valence-electron chi connectivity index (χ0n) is 9.51. The quantitative estimate of drug-likeness (QED) is 0.876. The van der Waals surface area contributed by atoms with Gasteiger partial charge in [0.2, 0.25) is 5.89 Å². The fourth-order valence-corrected chi connectivity index (χ4v) is 2.12. The minimum atomic E-state index is 0.459. The van der Waals surface area contributed by atoms with E-state index in [9.17, 15) is 0 Å². The predicted octanol–water partition coefficient (Wildman–Crippen LogP) is 3.63. The van der Waals surface area contributed by atoms with Crippen molar-refractivity contribution in [2.45, 2.75) is 20.0 Å². The van der Waals surface area contributed by atoms with Gasteiger partial charge in [-0.15, -0.1) is 0 Å². The third-order valence-corrected chi connectivity index (χ3v) is 3.49. The van der Waals surface area contributed by atoms with Crippen LogP contribution in [0.15, 0.2) is 16.7 Å². The lowest BCUT2D eigenvalue weighted by atomic mass is 10.2. The van der Waals surface area contributed by atoms with Crippen LogP contribution in [0, 0.1) is 6.92 Å². The molecule has 1 aromatic heterocycles. The average molecular weight is 307 g/mol. The maximum Gasteiger partial charge on any atom is 0.223 e. The Bertz CT molecular complexity index is 556. The lowest BCUT2D eigenvalue weighted by molar-refractivity contribution is 0.385. The number of aromatic nitrogens is 2. The van der Waals surface area contributed by atoms with Gasteiger partial charge in [0.15, 0.2) is 5.82 Å². The first-order valence-corrected chi connectivity index (χ1v) is 6.33. The van der Waals surface area contributed by atoms with Gasteiger partial charge in [0.1, 0.15) is 0 Å². The lowest BCUT2D eigenvalue weighted by Crippen LogP contribution is -2.14. The molecule has 18 heavy (non-hydrogen) atoms. The van der Waals surface area contributed by atoms with E-state index in [1.807, 2.05) is 0 Å². The van der Waals surface area contributed by atoms with E-state index >= 15 is 0 Å². The standard InChI is InChI=1S/C11H10Cl3N3O/c1-6-16-10(17-18-6)5-15-4-7-8(12)2-3-9(13)11(7)14/h2-3,15H,4-5H2,1H3. The highest BCUT2D eigenvalue weighted by Crippen LogP contribution is 2.31. The van der Waals surface area contributed by atoms with Gasteiger partial charge in [0.05, 0.1) is 16.6 Å². The fourth-order valence-electron chi connectivity index (χ4n) is 1.44. The maximum atomic E-state index is 6.08. The summed E-state index contributed by atoms with van der Waals surface area (Å²) in [4.78, 5) is 4.07.